The second-order valence-corrected chi connectivity index (χ2v) is 6.86. The first-order valence-corrected chi connectivity index (χ1v) is 9.56. The zero-order valence-corrected chi connectivity index (χ0v) is 15.4. The maximum Gasteiger partial charge on any atom is 0.193 e. The normalized spacial score (nSPS) is 26.1. The number of ether oxygens (including phenoxy) is 2. The maximum absolute atomic E-state index is 9.97. The minimum absolute atomic E-state index is 0.164. The number of aliphatic hydroxyl groups is 1. The van der Waals surface area contributed by atoms with E-state index in [1.807, 2.05) is 0 Å². The molecular formula is C18H35N3O3. The fraction of sp³-hybridized carbons (Fsp3) is 0.944. The van der Waals surface area contributed by atoms with Crippen molar-refractivity contribution in [3.63, 3.8) is 0 Å². The molecule has 0 aromatic carbocycles. The van der Waals surface area contributed by atoms with Crippen molar-refractivity contribution < 1.29 is 14.6 Å². The first kappa shape index (κ1) is 19.5. The molecule has 0 amide bonds. The van der Waals surface area contributed by atoms with E-state index in [0.29, 0.717) is 12.0 Å². The summed E-state index contributed by atoms with van der Waals surface area (Å²) in [4.78, 5) is 7.13. The van der Waals surface area contributed by atoms with E-state index in [1.54, 1.807) is 7.11 Å². The molecule has 0 radical (unpaired) electrons. The third-order valence-electron chi connectivity index (χ3n) is 5.02. The van der Waals surface area contributed by atoms with Gasteiger partial charge in [-0.3, -0.25) is 4.99 Å². The van der Waals surface area contributed by atoms with E-state index < -0.39 is 0 Å². The number of nitrogens with zero attached hydrogens (tertiary/aromatic N) is 2. The highest BCUT2D eigenvalue weighted by Crippen LogP contribution is 2.25. The summed E-state index contributed by atoms with van der Waals surface area (Å²) in [7, 11) is 1.73. The minimum Gasteiger partial charge on any atom is -0.393 e. The first-order valence-electron chi connectivity index (χ1n) is 9.56. The molecule has 0 aromatic rings. The summed E-state index contributed by atoms with van der Waals surface area (Å²) >= 11 is 0. The van der Waals surface area contributed by atoms with Crippen LogP contribution in [-0.2, 0) is 9.47 Å². The van der Waals surface area contributed by atoms with Crippen molar-refractivity contribution in [1.29, 1.82) is 0 Å². The van der Waals surface area contributed by atoms with E-state index >= 15 is 0 Å². The molecule has 1 saturated carbocycles. The molecule has 2 fully saturated rings. The molecule has 6 nitrogen and oxygen atoms in total. The zero-order valence-electron chi connectivity index (χ0n) is 15.4. The van der Waals surface area contributed by atoms with Crippen LogP contribution >= 0.6 is 0 Å². The third kappa shape index (κ3) is 6.22. The summed E-state index contributed by atoms with van der Waals surface area (Å²) in [5.41, 5.74) is 0. The molecule has 6 heteroatoms. The number of hydrogen-bond donors (Lipinski definition) is 2. The lowest BCUT2D eigenvalue weighted by atomic mass is 10.1. The molecular weight excluding hydrogens is 306 g/mol. The monoisotopic (exact) mass is 341 g/mol. The van der Waals surface area contributed by atoms with Gasteiger partial charge >= 0.3 is 0 Å². The van der Waals surface area contributed by atoms with Crippen LogP contribution in [0.1, 0.15) is 45.4 Å². The average Bonchev–Trinajstić information content (AvgIpc) is 3.01. The van der Waals surface area contributed by atoms with Crippen LogP contribution < -0.4 is 5.32 Å². The predicted molar refractivity (Wildman–Crippen MR) is 96.4 cm³/mol. The topological polar surface area (TPSA) is 66.3 Å². The number of piperidine rings is 1. The molecule has 2 aliphatic rings. The molecule has 0 aromatic heterocycles. The van der Waals surface area contributed by atoms with Gasteiger partial charge in [-0.2, -0.15) is 0 Å². The number of rotatable bonds is 8. The Kier molecular flexibility index (Phi) is 8.84. The summed E-state index contributed by atoms with van der Waals surface area (Å²) < 4.78 is 11.0. The Labute approximate surface area is 146 Å². The Hall–Kier alpha value is -0.850. The van der Waals surface area contributed by atoms with Crippen molar-refractivity contribution >= 4 is 5.96 Å². The van der Waals surface area contributed by atoms with Crippen molar-refractivity contribution in [2.24, 2.45) is 10.9 Å². The van der Waals surface area contributed by atoms with Gasteiger partial charge in [0.1, 0.15) is 0 Å². The maximum atomic E-state index is 9.97. The Morgan fingerprint density at radius 1 is 1.21 bits per heavy atom. The number of likely N-dealkylation sites (tertiary alicyclic amines) is 1. The van der Waals surface area contributed by atoms with Gasteiger partial charge in [0.25, 0.3) is 0 Å². The van der Waals surface area contributed by atoms with Crippen molar-refractivity contribution in [1.82, 2.24) is 10.2 Å². The van der Waals surface area contributed by atoms with Gasteiger partial charge in [-0.15, -0.1) is 0 Å². The largest absolute Gasteiger partial charge is 0.393 e. The Morgan fingerprint density at radius 3 is 2.62 bits per heavy atom. The molecule has 0 bridgehead atoms. The van der Waals surface area contributed by atoms with Crippen molar-refractivity contribution in [3.05, 3.63) is 0 Å². The summed E-state index contributed by atoms with van der Waals surface area (Å²) in [5.74, 6) is 1.33. The van der Waals surface area contributed by atoms with Gasteiger partial charge < -0.3 is 24.8 Å². The number of methoxy groups -OCH3 is 1. The molecule has 0 spiro atoms. The number of hydrogen-bond acceptors (Lipinski definition) is 4. The number of guanidine groups is 1. The number of nitrogens with one attached hydrogen (secondary N) is 1. The van der Waals surface area contributed by atoms with Crippen molar-refractivity contribution in [3.8, 4) is 0 Å². The lowest BCUT2D eigenvalue weighted by Crippen LogP contribution is -2.47. The summed E-state index contributed by atoms with van der Waals surface area (Å²) in [6.07, 6.45) is 6.41. The van der Waals surface area contributed by atoms with Crippen LogP contribution in [0.3, 0.4) is 0 Å². The molecule has 1 aliphatic heterocycles. The van der Waals surface area contributed by atoms with E-state index in [-0.39, 0.29) is 6.10 Å². The van der Waals surface area contributed by atoms with E-state index in [0.717, 1.165) is 83.9 Å². The smallest absolute Gasteiger partial charge is 0.193 e. The quantitative estimate of drug-likeness (QED) is 0.399. The van der Waals surface area contributed by atoms with Gasteiger partial charge in [0.05, 0.1) is 12.2 Å². The van der Waals surface area contributed by atoms with Crippen LogP contribution in [0.25, 0.3) is 0 Å². The van der Waals surface area contributed by atoms with Gasteiger partial charge in [0.15, 0.2) is 5.96 Å². The van der Waals surface area contributed by atoms with E-state index in [4.69, 9.17) is 14.5 Å². The van der Waals surface area contributed by atoms with E-state index in [9.17, 15) is 5.11 Å². The van der Waals surface area contributed by atoms with Gasteiger partial charge in [-0.05, 0) is 39.0 Å². The summed E-state index contributed by atoms with van der Waals surface area (Å²) in [5, 5.41) is 13.4. The predicted octanol–water partition coefficient (Wildman–Crippen LogP) is 1.63. The second kappa shape index (κ2) is 10.9. The van der Waals surface area contributed by atoms with Crippen LogP contribution in [0.4, 0.5) is 0 Å². The molecule has 2 rings (SSSR count). The zero-order chi connectivity index (χ0) is 17.2. The first-order chi connectivity index (χ1) is 11.7. The molecule has 2 unspecified atom stereocenters. The molecule has 2 atom stereocenters. The van der Waals surface area contributed by atoms with Gasteiger partial charge in [-0.1, -0.05) is 6.42 Å². The fourth-order valence-electron chi connectivity index (χ4n) is 3.55. The number of aliphatic imine (C=N–C) groups is 1. The lowest BCUT2D eigenvalue weighted by Gasteiger charge is -2.34. The molecule has 1 aliphatic carbocycles. The molecule has 24 heavy (non-hydrogen) atoms. The van der Waals surface area contributed by atoms with Gasteiger partial charge in [0.2, 0.25) is 0 Å². The van der Waals surface area contributed by atoms with Crippen LogP contribution in [0.15, 0.2) is 4.99 Å². The highest BCUT2D eigenvalue weighted by Gasteiger charge is 2.26. The molecule has 2 N–H and O–H groups in total. The van der Waals surface area contributed by atoms with E-state index in [2.05, 4.69) is 17.1 Å². The summed E-state index contributed by atoms with van der Waals surface area (Å²) in [6, 6.07) is 0. The van der Waals surface area contributed by atoms with Crippen LogP contribution in [0.5, 0.6) is 0 Å². The third-order valence-corrected chi connectivity index (χ3v) is 5.02. The Bertz CT molecular complexity index is 371. The highest BCUT2D eigenvalue weighted by atomic mass is 16.5. The fourth-order valence-corrected chi connectivity index (χ4v) is 3.55. The molecule has 1 saturated heterocycles. The van der Waals surface area contributed by atoms with Crippen molar-refractivity contribution in [2.75, 3.05) is 46.5 Å². The van der Waals surface area contributed by atoms with Crippen LogP contribution in [0.2, 0.25) is 0 Å². The van der Waals surface area contributed by atoms with Crippen molar-refractivity contribution in [2.45, 2.75) is 57.7 Å². The van der Waals surface area contributed by atoms with Crippen LogP contribution in [-0.4, -0.2) is 74.7 Å². The van der Waals surface area contributed by atoms with Gasteiger partial charge in [-0.25, -0.2) is 0 Å². The molecule has 1 heterocycles. The molecule has 140 valence electrons. The standard InChI is InChI=1S/C18H35N3O3/c1-3-19-18(20-14-15-6-4-7-17(15)22)21-10-8-16(9-11-21)24-13-5-12-23-2/h15-17,22H,3-14H2,1-2H3,(H,19,20). The number of aliphatic hydroxyl groups excluding tert-OH is 1. The second-order valence-electron chi connectivity index (χ2n) is 6.86. The lowest BCUT2D eigenvalue weighted by molar-refractivity contribution is 0.00988. The SMILES string of the molecule is CCNC(=NCC1CCCC1O)N1CCC(OCCCOC)CC1. The minimum atomic E-state index is -0.164. The highest BCUT2D eigenvalue weighted by molar-refractivity contribution is 5.80. The average molecular weight is 341 g/mol. The van der Waals surface area contributed by atoms with Crippen LogP contribution in [0, 0.1) is 5.92 Å². The van der Waals surface area contributed by atoms with Gasteiger partial charge in [0, 0.05) is 52.4 Å². The Morgan fingerprint density at radius 2 is 2.00 bits per heavy atom. The summed E-state index contributed by atoms with van der Waals surface area (Å²) in [6.45, 7) is 7.22. The Balaban J connectivity index is 1.75. The van der Waals surface area contributed by atoms with E-state index in [1.165, 1.54) is 0 Å².